The van der Waals surface area contributed by atoms with Gasteiger partial charge in [0.25, 0.3) is 0 Å². The Kier molecular flexibility index (Phi) is 3.41. The summed E-state index contributed by atoms with van der Waals surface area (Å²) in [7, 11) is 0. The van der Waals surface area contributed by atoms with Gasteiger partial charge < -0.3 is 4.72 Å². The zero-order chi connectivity index (χ0) is 11.4. The second kappa shape index (κ2) is 4.99. The van der Waals surface area contributed by atoms with Crippen molar-refractivity contribution in [1.29, 1.82) is 0 Å². The quantitative estimate of drug-likeness (QED) is 0.807. The van der Waals surface area contributed by atoms with Crippen LogP contribution in [0.2, 0.25) is 0 Å². The van der Waals surface area contributed by atoms with Gasteiger partial charge >= 0.3 is 0 Å². The summed E-state index contributed by atoms with van der Waals surface area (Å²) in [5.41, 5.74) is 0.802. The lowest BCUT2D eigenvalue weighted by Crippen LogP contribution is -1.86. The summed E-state index contributed by atoms with van der Waals surface area (Å²) in [5, 5.41) is 0. The lowest BCUT2D eigenvalue weighted by molar-refractivity contribution is 0.626. The highest BCUT2D eigenvalue weighted by molar-refractivity contribution is 8.00. The van der Waals surface area contributed by atoms with Crippen molar-refractivity contribution >= 4 is 17.6 Å². The summed E-state index contributed by atoms with van der Waals surface area (Å²) in [6.07, 6.45) is 0. The van der Waals surface area contributed by atoms with Gasteiger partial charge in [0.1, 0.15) is 11.6 Å². The maximum absolute atomic E-state index is 12.6. The van der Waals surface area contributed by atoms with Gasteiger partial charge in [-0.05, 0) is 60.5 Å². The van der Waals surface area contributed by atoms with Gasteiger partial charge in [-0.25, -0.2) is 8.78 Å². The lowest BCUT2D eigenvalue weighted by atomic mass is 10.3. The van der Waals surface area contributed by atoms with Gasteiger partial charge in [0.2, 0.25) is 0 Å². The average molecular weight is 237 g/mol. The van der Waals surface area contributed by atoms with Crippen molar-refractivity contribution in [3.63, 3.8) is 0 Å². The van der Waals surface area contributed by atoms with E-state index in [9.17, 15) is 8.78 Å². The highest BCUT2D eigenvalue weighted by Crippen LogP contribution is 2.21. The van der Waals surface area contributed by atoms with Gasteiger partial charge in [-0.2, -0.15) is 0 Å². The standard InChI is InChI=1S/C12H9F2NS/c13-9-1-5-11(6-2-9)15-16-12-7-3-10(14)4-8-12/h1-8,15H. The molecule has 0 radical (unpaired) electrons. The van der Waals surface area contributed by atoms with Crippen LogP contribution in [0.5, 0.6) is 0 Å². The van der Waals surface area contributed by atoms with Crippen LogP contribution in [0.1, 0.15) is 0 Å². The molecule has 82 valence electrons. The third-order valence-corrected chi connectivity index (χ3v) is 2.79. The first-order valence-corrected chi connectivity index (χ1v) is 5.50. The van der Waals surface area contributed by atoms with Crippen LogP contribution < -0.4 is 4.72 Å². The highest BCUT2D eigenvalue weighted by Gasteiger charge is 1.96. The summed E-state index contributed by atoms with van der Waals surface area (Å²) in [5.74, 6) is -0.525. The van der Waals surface area contributed by atoms with Gasteiger partial charge in [-0.1, -0.05) is 0 Å². The number of hydrogen-bond donors (Lipinski definition) is 1. The van der Waals surface area contributed by atoms with Crippen LogP contribution in [-0.4, -0.2) is 0 Å². The van der Waals surface area contributed by atoms with Crippen molar-refractivity contribution < 1.29 is 8.78 Å². The third-order valence-electron chi connectivity index (χ3n) is 1.94. The third kappa shape index (κ3) is 2.97. The van der Waals surface area contributed by atoms with E-state index in [-0.39, 0.29) is 11.6 Å². The van der Waals surface area contributed by atoms with E-state index in [2.05, 4.69) is 4.72 Å². The van der Waals surface area contributed by atoms with Crippen molar-refractivity contribution in [2.45, 2.75) is 4.90 Å². The summed E-state index contributed by atoms with van der Waals surface area (Å²) >= 11 is 1.35. The Morgan fingerprint density at radius 2 is 1.25 bits per heavy atom. The van der Waals surface area contributed by atoms with Gasteiger partial charge in [0.15, 0.2) is 0 Å². The molecule has 0 aromatic heterocycles. The predicted octanol–water partition coefficient (Wildman–Crippen LogP) is 4.08. The van der Waals surface area contributed by atoms with E-state index in [4.69, 9.17) is 0 Å². The topological polar surface area (TPSA) is 12.0 Å². The van der Waals surface area contributed by atoms with E-state index >= 15 is 0 Å². The Hall–Kier alpha value is -1.55. The molecule has 0 unspecified atom stereocenters. The summed E-state index contributed by atoms with van der Waals surface area (Å²) in [6, 6.07) is 12.2. The minimum Gasteiger partial charge on any atom is -0.326 e. The number of benzene rings is 2. The van der Waals surface area contributed by atoms with E-state index in [1.165, 1.54) is 36.2 Å². The van der Waals surface area contributed by atoms with Crippen LogP contribution in [0.4, 0.5) is 14.5 Å². The highest BCUT2D eigenvalue weighted by atomic mass is 32.2. The molecule has 0 atom stereocenters. The first-order chi connectivity index (χ1) is 7.74. The van der Waals surface area contributed by atoms with E-state index in [1.54, 1.807) is 24.3 Å². The molecule has 2 aromatic carbocycles. The maximum Gasteiger partial charge on any atom is 0.123 e. The second-order valence-corrected chi connectivity index (χ2v) is 4.04. The van der Waals surface area contributed by atoms with E-state index in [1.807, 2.05) is 0 Å². The molecule has 0 bridgehead atoms. The summed E-state index contributed by atoms with van der Waals surface area (Å²) < 4.78 is 28.3. The lowest BCUT2D eigenvalue weighted by Gasteiger charge is -2.04. The SMILES string of the molecule is Fc1ccc(NSc2ccc(F)cc2)cc1. The molecular formula is C12H9F2NS. The summed E-state index contributed by atoms with van der Waals surface area (Å²) in [6.45, 7) is 0. The second-order valence-electron chi connectivity index (χ2n) is 3.16. The number of anilines is 1. The Morgan fingerprint density at radius 1 is 0.750 bits per heavy atom. The number of hydrogen-bond acceptors (Lipinski definition) is 2. The van der Waals surface area contributed by atoms with Crippen LogP contribution >= 0.6 is 11.9 Å². The molecule has 0 fully saturated rings. The predicted molar refractivity (Wildman–Crippen MR) is 62.3 cm³/mol. The Bertz CT molecular complexity index is 408. The molecule has 1 N–H and O–H groups in total. The molecule has 2 rings (SSSR count). The smallest absolute Gasteiger partial charge is 0.123 e. The fraction of sp³-hybridized carbons (Fsp3) is 0. The van der Waals surface area contributed by atoms with Gasteiger partial charge in [0.05, 0.1) is 0 Å². The Morgan fingerprint density at radius 3 is 1.81 bits per heavy atom. The van der Waals surface area contributed by atoms with Crippen molar-refractivity contribution in [2.75, 3.05) is 4.72 Å². The molecule has 0 amide bonds. The monoisotopic (exact) mass is 237 g/mol. The van der Waals surface area contributed by atoms with E-state index in [0.717, 1.165) is 10.6 Å². The van der Waals surface area contributed by atoms with Crippen molar-refractivity contribution in [3.8, 4) is 0 Å². The average Bonchev–Trinajstić information content (AvgIpc) is 2.30. The summed E-state index contributed by atoms with van der Waals surface area (Å²) in [4.78, 5) is 0.894. The van der Waals surface area contributed by atoms with E-state index in [0.29, 0.717) is 0 Å². The van der Waals surface area contributed by atoms with Crippen LogP contribution in [0.25, 0.3) is 0 Å². The molecule has 16 heavy (non-hydrogen) atoms. The fourth-order valence-corrected chi connectivity index (χ4v) is 1.78. The molecule has 0 aliphatic carbocycles. The Labute approximate surface area is 96.6 Å². The van der Waals surface area contributed by atoms with Crippen LogP contribution in [0.15, 0.2) is 53.4 Å². The minimum atomic E-state index is -0.266. The normalized spacial score (nSPS) is 10.1. The fourth-order valence-electron chi connectivity index (χ4n) is 1.14. The molecule has 0 saturated heterocycles. The first kappa shape index (κ1) is 11.0. The number of nitrogens with one attached hydrogen (secondary N) is 1. The van der Waals surface area contributed by atoms with Crippen molar-refractivity contribution in [1.82, 2.24) is 0 Å². The molecule has 0 aliphatic heterocycles. The maximum atomic E-state index is 12.6. The van der Waals surface area contributed by atoms with Crippen molar-refractivity contribution in [3.05, 3.63) is 60.2 Å². The van der Waals surface area contributed by atoms with E-state index < -0.39 is 0 Å². The number of rotatable bonds is 3. The van der Waals surface area contributed by atoms with Crippen molar-refractivity contribution in [2.24, 2.45) is 0 Å². The molecule has 1 nitrogen and oxygen atoms in total. The zero-order valence-corrected chi connectivity index (χ0v) is 9.10. The largest absolute Gasteiger partial charge is 0.326 e. The molecular weight excluding hydrogens is 228 g/mol. The Balaban J connectivity index is 1.97. The molecule has 0 aliphatic rings. The molecule has 0 spiro atoms. The molecule has 0 saturated carbocycles. The minimum absolute atomic E-state index is 0.258. The molecule has 4 heteroatoms. The van der Waals surface area contributed by atoms with Gasteiger partial charge in [0, 0.05) is 10.6 Å². The first-order valence-electron chi connectivity index (χ1n) is 4.68. The van der Waals surface area contributed by atoms with Gasteiger partial charge in [-0.3, -0.25) is 0 Å². The van der Waals surface area contributed by atoms with Crippen LogP contribution in [0.3, 0.4) is 0 Å². The van der Waals surface area contributed by atoms with Crippen LogP contribution in [-0.2, 0) is 0 Å². The van der Waals surface area contributed by atoms with Crippen LogP contribution in [0, 0.1) is 11.6 Å². The molecule has 2 aromatic rings. The number of halogens is 2. The van der Waals surface area contributed by atoms with Gasteiger partial charge in [-0.15, -0.1) is 0 Å². The molecule has 0 heterocycles. The zero-order valence-electron chi connectivity index (χ0n) is 8.28.